The van der Waals surface area contributed by atoms with Crippen molar-refractivity contribution in [2.75, 3.05) is 24.5 Å². The molecule has 4 aliphatic rings. The van der Waals surface area contributed by atoms with Crippen LogP contribution in [0.5, 0.6) is 5.75 Å². The molecule has 7 heteroatoms. The summed E-state index contributed by atoms with van der Waals surface area (Å²) in [6.07, 6.45) is 6.50. The molecule has 2 aliphatic heterocycles. The number of hydrogen-bond acceptors (Lipinski definition) is 6. The Morgan fingerprint density at radius 3 is 2.70 bits per heavy atom. The summed E-state index contributed by atoms with van der Waals surface area (Å²) in [6.45, 7) is 4.21. The Balaban J connectivity index is 1.19. The van der Waals surface area contributed by atoms with Crippen LogP contribution < -0.4 is 15.0 Å². The van der Waals surface area contributed by atoms with Crippen LogP contribution >= 0.6 is 0 Å². The first-order valence-corrected chi connectivity index (χ1v) is 12.4. The zero-order valence-corrected chi connectivity index (χ0v) is 19.2. The van der Waals surface area contributed by atoms with E-state index in [4.69, 9.17) is 9.72 Å². The van der Waals surface area contributed by atoms with E-state index < -0.39 is 6.10 Å². The molecule has 174 valence electrons. The number of hydrogen-bond donors (Lipinski definition) is 2. The van der Waals surface area contributed by atoms with Crippen molar-refractivity contribution in [1.82, 2.24) is 15.3 Å². The summed E-state index contributed by atoms with van der Waals surface area (Å²) in [5.41, 5.74) is 4.33. The number of aryl methyl sites for hydroxylation is 3. The molecule has 0 bridgehead atoms. The van der Waals surface area contributed by atoms with E-state index >= 15 is 0 Å². The molecule has 33 heavy (non-hydrogen) atoms. The van der Waals surface area contributed by atoms with Crippen LogP contribution in [0.3, 0.4) is 0 Å². The maximum Gasteiger partial charge on any atom is 0.270 e. The van der Waals surface area contributed by atoms with Crippen LogP contribution in [0.15, 0.2) is 18.2 Å². The molecule has 1 aromatic heterocycles. The Morgan fingerprint density at radius 1 is 1.06 bits per heavy atom. The molecule has 4 atom stereocenters. The lowest BCUT2D eigenvalue weighted by atomic mass is 9.78. The number of carbonyl (C=O) groups is 1. The van der Waals surface area contributed by atoms with Crippen molar-refractivity contribution < 1.29 is 14.6 Å². The van der Waals surface area contributed by atoms with E-state index in [1.54, 1.807) is 0 Å². The zero-order valence-electron chi connectivity index (χ0n) is 19.2. The highest BCUT2D eigenvalue weighted by atomic mass is 16.5. The lowest BCUT2D eigenvalue weighted by molar-refractivity contribution is -0.0231. The van der Waals surface area contributed by atoms with Gasteiger partial charge in [0.25, 0.3) is 5.91 Å². The molecule has 3 heterocycles. The molecule has 6 rings (SSSR count). The van der Waals surface area contributed by atoms with E-state index in [0.717, 1.165) is 62.3 Å². The Bertz CT molecular complexity index is 1090. The maximum atomic E-state index is 12.3. The highest BCUT2D eigenvalue weighted by Crippen LogP contribution is 2.40. The highest BCUT2D eigenvalue weighted by molar-refractivity contribution is 5.96. The van der Waals surface area contributed by atoms with Gasteiger partial charge >= 0.3 is 0 Å². The van der Waals surface area contributed by atoms with Gasteiger partial charge in [-0.3, -0.25) is 4.79 Å². The van der Waals surface area contributed by atoms with Crippen LogP contribution in [0.2, 0.25) is 0 Å². The summed E-state index contributed by atoms with van der Waals surface area (Å²) in [5, 5.41) is 13.8. The smallest absolute Gasteiger partial charge is 0.270 e. The molecule has 0 unspecified atom stereocenters. The Hall–Kier alpha value is -2.67. The van der Waals surface area contributed by atoms with Crippen molar-refractivity contribution in [3.8, 4) is 5.75 Å². The zero-order chi connectivity index (χ0) is 22.5. The molecule has 2 N–H and O–H groups in total. The Kier molecular flexibility index (Phi) is 5.24. The number of nitrogens with one attached hydrogen (secondary N) is 1. The van der Waals surface area contributed by atoms with Crippen LogP contribution in [0.1, 0.15) is 58.7 Å². The normalized spacial score (nSPS) is 28.5. The van der Waals surface area contributed by atoms with Gasteiger partial charge in [-0.05, 0) is 87.0 Å². The van der Waals surface area contributed by atoms with Crippen molar-refractivity contribution in [3.63, 3.8) is 0 Å². The number of aliphatic hydroxyl groups excluding tert-OH is 1. The third-order valence-electron chi connectivity index (χ3n) is 7.96. The van der Waals surface area contributed by atoms with Crippen LogP contribution in [0, 0.1) is 18.8 Å². The minimum absolute atomic E-state index is 0.103. The lowest BCUT2D eigenvalue weighted by Crippen LogP contribution is -2.42. The quantitative estimate of drug-likeness (QED) is 0.751. The number of aliphatic hydroxyl groups is 1. The molecule has 1 saturated carbocycles. The minimum atomic E-state index is -0.464. The van der Waals surface area contributed by atoms with Gasteiger partial charge in [0.1, 0.15) is 29.2 Å². The van der Waals surface area contributed by atoms with E-state index in [1.165, 1.54) is 24.0 Å². The molecule has 2 aromatic rings. The Labute approximate surface area is 194 Å². The first-order chi connectivity index (χ1) is 16.0. The topological polar surface area (TPSA) is 87.6 Å². The molecule has 1 amide bonds. The predicted octanol–water partition coefficient (Wildman–Crippen LogP) is 2.60. The fourth-order valence-corrected chi connectivity index (χ4v) is 6.29. The number of aromatic nitrogens is 2. The van der Waals surface area contributed by atoms with E-state index in [2.05, 4.69) is 33.4 Å². The van der Waals surface area contributed by atoms with E-state index in [1.807, 2.05) is 6.92 Å². The lowest BCUT2D eigenvalue weighted by Gasteiger charge is -2.35. The molecular formula is C26H32N4O3. The van der Waals surface area contributed by atoms with Gasteiger partial charge in [0, 0.05) is 25.2 Å². The summed E-state index contributed by atoms with van der Waals surface area (Å²) in [5.74, 6) is 3.17. The van der Waals surface area contributed by atoms with Crippen molar-refractivity contribution in [2.45, 2.75) is 64.1 Å². The number of nitrogens with zero attached hydrogens (tertiary/aromatic N) is 3. The van der Waals surface area contributed by atoms with Crippen molar-refractivity contribution >= 4 is 11.7 Å². The maximum absolute atomic E-state index is 12.3. The predicted molar refractivity (Wildman–Crippen MR) is 125 cm³/mol. The summed E-state index contributed by atoms with van der Waals surface area (Å²) >= 11 is 0. The standard InChI is InChI=1S/C26H32N4O3/c1-15-28-24-21(8-9-27-26(24)32)25(29-15)30-13-18-11-22(31)23(12-19(18)14-30)33-20-7-6-16-4-2-3-5-17(16)10-20/h6-7,10,18-19,22-23,31H,2-5,8-9,11-14H2,1H3,(H,27,32)/t18-,19+,22+,23+/m0/s1. The van der Waals surface area contributed by atoms with Gasteiger partial charge in [-0.1, -0.05) is 6.07 Å². The summed E-state index contributed by atoms with van der Waals surface area (Å²) in [4.78, 5) is 23.8. The molecule has 1 saturated heterocycles. The average molecular weight is 449 g/mol. The van der Waals surface area contributed by atoms with Crippen LogP contribution in [-0.2, 0) is 19.3 Å². The molecule has 2 aliphatic carbocycles. The first kappa shape index (κ1) is 20.9. The number of anilines is 1. The molecule has 2 fully saturated rings. The first-order valence-electron chi connectivity index (χ1n) is 12.4. The fraction of sp³-hybridized carbons (Fsp3) is 0.577. The van der Waals surface area contributed by atoms with Crippen LogP contribution in [0.4, 0.5) is 5.82 Å². The van der Waals surface area contributed by atoms with Gasteiger partial charge in [-0.15, -0.1) is 0 Å². The van der Waals surface area contributed by atoms with Gasteiger partial charge in [0.15, 0.2) is 0 Å². The van der Waals surface area contributed by atoms with Gasteiger partial charge in [-0.2, -0.15) is 0 Å². The molecule has 1 aromatic carbocycles. The molecule has 0 radical (unpaired) electrons. The van der Waals surface area contributed by atoms with Crippen LogP contribution in [-0.4, -0.2) is 52.8 Å². The van der Waals surface area contributed by atoms with Gasteiger partial charge < -0.3 is 20.1 Å². The third kappa shape index (κ3) is 3.86. The number of rotatable bonds is 3. The van der Waals surface area contributed by atoms with E-state index in [-0.39, 0.29) is 12.0 Å². The summed E-state index contributed by atoms with van der Waals surface area (Å²) in [6, 6.07) is 6.47. The summed E-state index contributed by atoms with van der Waals surface area (Å²) in [7, 11) is 0. The third-order valence-corrected chi connectivity index (χ3v) is 7.96. The second kappa shape index (κ2) is 8.28. The largest absolute Gasteiger partial charge is 0.488 e. The number of amides is 1. The Morgan fingerprint density at radius 2 is 1.85 bits per heavy atom. The molecule has 0 spiro atoms. The number of ether oxygens (including phenoxy) is 1. The minimum Gasteiger partial charge on any atom is -0.488 e. The molecule has 7 nitrogen and oxygen atoms in total. The SMILES string of the molecule is Cc1nc2c(c(N3C[C@H]4C[C@@H](Oc5ccc6c(c5)CCCC6)[C@H](O)C[C@H]4C3)n1)CCNC2=O. The van der Waals surface area contributed by atoms with Gasteiger partial charge in [-0.25, -0.2) is 9.97 Å². The number of carbonyl (C=O) groups excluding carboxylic acids is 1. The monoisotopic (exact) mass is 448 g/mol. The summed E-state index contributed by atoms with van der Waals surface area (Å²) < 4.78 is 6.36. The van der Waals surface area contributed by atoms with E-state index in [9.17, 15) is 9.90 Å². The van der Waals surface area contributed by atoms with Crippen molar-refractivity contribution in [3.05, 3.63) is 46.4 Å². The second-order valence-corrected chi connectivity index (χ2v) is 10.2. The van der Waals surface area contributed by atoms with Crippen molar-refractivity contribution in [2.24, 2.45) is 11.8 Å². The highest BCUT2D eigenvalue weighted by Gasteiger charge is 2.44. The molecular weight excluding hydrogens is 416 g/mol. The van der Waals surface area contributed by atoms with E-state index in [0.29, 0.717) is 29.9 Å². The fourth-order valence-electron chi connectivity index (χ4n) is 6.29. The second-order valence-electron chi connectivity index (χ2n) is 10.2. The number of benzene rings is 1. The number of fused-ring (bicyclic) bond motifs is 3. The van der Waals surface area contributed by atoms with Gasteiger partial charge in [0.05, 0.1) is 6.10 Å². The van der Waals surface area contributed by atoms with Gasteiger partial charge in [0.2, 0.25) is 0 Å². The average Bonchev–Trinajstić information content (AvgIpc) is 3.22. The van der Waals surface area contributed by atoms with Crippen LogP contribution in [0.25, 0.3) is 0 Å². The van der Waals surface area contributed by atoms with Crippen molar-refractivity contribution in [1.29, 1.82) is 0 Å².